The number of anilines is 1. The van der Waals surface area contributed by atoms with Gasteiger partial charge in [0.15, 0.2) is 0 Å². The van der Waals surface area contributed by atoms with Gasteiger partial charge in [0.05, 0.1) is 10.7 Å². The molecule has 0 aromatic heterocycles. The number of hydrogen-bond acceptors (Lipinski definition) is 1. The molecule has 0 bridgehead atoms. The van der Waals surface area contributed by atoms with Crippen molar-refractivity contribution >= 4 is 23.3 Å². The van der Waals surface area contributed by atoms with Crippen LogP contribution in [0.1, 0.15) is 20.3 Å². The Balaban J connectivity index is 2.63. The van der Waals surface area contributed by atoms with Crippen molar-refractivity contribution in [3.63, 3.8) is 0 Å². The Kier molecular flexibility index (Phi) is 4.55. The molecule has 0 fully saturated rings. The van der Waals surface area contributed by atoms with Gasteiger partial charge in [-0.25, -0.2) is 9.18 Å². The van der Waals surface area contributed by atoms with Crippen molar-refractivity contribution in [2.75, 3.05) is 5.32 Å². The Morgan fingerprint density at radius 3 is 2.81 bits per heavy atom. The molecular weight excluding hydrogens is 231 g/mol. The molecule has 88 valence electrons. The lowest BCUT2D eigenvalue weighted by Crippen LogP contribution is -2.35. The van der Waals surface area contributed by atoms with Crippen molar-refractivity contribution in [1.29, 1.82) is 0 Å². The summed E-state index contributed by atoms with van der Waals surface area (Å²) in [7, 11) is 0. The van der Waals surface area contributed by atoms with E-state index in [-0.39, 0.29) is 17.1 Å². The van der Waals surface area contributed by atoms with Gasteiger partial charge in [-0.2, -0.15) is 0 Å². The van der Waals surface area contributed by atoms with E-state index in [1.54, 1.807) is 0 Å². The lowest BCUT2D eigenvalue weighted by Gasteiger charge is -2.13. The molecule has 0 heterocycles. The molecule has 1 aromatic carbocycles. The molecule has 0 spiro atoms. The normalized spacial score (nSPS) is 12.0. The highest BCUT2D eigenvalue weighted by Gasteiger charge is 2.08. The summed E-state index contributed by atoms with van der Waals surface area (Å²) in [6.45, 7) is 3.86. The third kappa shape index (κ3) is 3.70. The number of halogens is 2. The molecule has 0 aliphatic heterocycles. The van der Waals surface area contributed by atoms with E-state index in [1.807, 2.05) is 13.8 Å². The molecule has 1 atom stereocenters. The van der Waals surface area contributed by atoms with Crippen LogP contribution in [0.2, 0.25) is 5.02 Å². The molecular formula is C11H14ClFN2O. The standard InChI is InChI=1S/C11H14ClFN2O/c1-3-7(2)14-11(16)15-10-5-4-8(13)6-9(10)12/h4-7H,3H2,1-2H3,(H2,14,15,16). The number of carbonyl (C=O) groups excluding carboxylic acids is 1. The zero-order chi connectivity index (χ0) is 12.1. The van der Waals surface area contributed by atoms with E-state index in [0.29, 0.717) is 5.69 Å². The quantitative estimate of drug-likeness (QED) is 0.841. The average molecular weight is 245 g/mol. The first-order chi connectivity index (χ1) is 7.52. The van der Waals surface area contributed by atoms with Crippen LogP contribution in [-0.2, 0) is 0 Å². The molecule has 3 nitrogen and oxygen atoms in total. The minimum Gasteiger partial charge on any atom is -0.335 e. The van der Waals surface area contributed by atoms with Gasteiger partial charge >= 0.3 is 6.03 Å². The van der Waals surface area contributed by atoms with Crippen molar-refractivity contribution in [1.82, 2.24) is 5.32 Å². The zero-order valence-corrected chi connectivity index (χ0v) is 9.94. The maximum Gasteiger partial charge on any atom is 0.319 e. The average Bonchev–Trinajstić information content (AvgIpc) is 2.22. The van der Waals surface area contributed by atoms with Crippen LogP contribution in [0.5, 0.6) is 0 Å². The summed E-state index contributed by atoms with van der Waals surface area (Å²) in [5.74, 6) is -0.433. The maximum absolute atomic E-state index is 12.7. The molecule has 2 N–H and O–H groups in total. The Labute approximate surface area is 99.0 Å². The summed E-state index contributed by atoms with van der Waals surface area (Å²) in [6, 6.07) is 3.56. The van der Waals surface area contributed by atoms with Crippen LogP contribution in [0.4, 0.5) is 14.9 Å². The maximum atomic E-state index is 12.7. The molecule has 0 saturated heterocycles. The van der Waals surface area contributed by atoms with Crippen LogP contribution in [-0.4, -0.2) is 12.1 Å². The molecule has 0 aliphatic rings. The highest BCUT2D eigenvalue weighted by molar-refractivity contribution is 6.33. The predicted octanol–water partition coefficient (Wildman–Crippen LogP) is 3.40. The summed E-state index contributed by atoms with van der Waals surface area (Å²) < 4.78 is 12.7. The fraction of sp³-hybridized carbons (Fsp3) is 0.364. The van der Waals surface area contributed by atoms with Crippen LogP contribution in [0.3, 0.4) is 0 Å². The molecule has 0 radical (unpaired) electrons. The fourth-order valence-corrected chi connectivity index (χ4v) is 1.29. The summed E-state index contributed by atoms with van der Waals surface area (Å²) in [5.41, 5.74) is 0.392. The minimum absolute atomic E-state index is 0.0826. The smallest absolute Gasteiger partial charge is 0.319 e. The number of hydrogen-bond donors (Lipinski definition) is 2. The molecule has 0 aliphatic carbocycles. The molecule has 2 amide bonds. The Morgan fingerprint density at radius 2 is 2.25 bits per heavy atom. The van der Waals surface area contributed by atoms with E-state index in [9.17, 15) is 9.18 Å². The second-order valence-corrected chi connectivity index (χ2v) is 3.94. The van der Waals surface area contributed by atoms with Crippen molar-refractivity contribution in [2.45, 2.75) is 26.3 Å². The fourth-order valence-electron chi connectivity index (χ4n) is 1.08. The first-order valence-electron chi connectivity index (χ1n) is 5.05. The Bertz CT molecular complexity index is 384. The van der Waals surface area contributed by atoms with Crippen molar-refractivity contribution < 1.29 is 9.18 Å². The highest BCUT2D eigenvalue weighted by atomic mass is 35.5. The number of amides is 2. The van der Waals surface area contributed by atoms with Gasteiger partial charge in [-0.1, -0.05) is 18.5 Å². The minimum atomic E-state index is -0.433. The molecule has 0 saturated carbocycles. The van der Waals surface area contributed by atoms with Gasteiger partial charge in [0, 0.05) is 6.04 Å². The van der Waals surface area contributed by atoms with Crippen LogP contribution < -0.4 is 10.6 Å². The number of urea groups is 1. The third-order valence-corrected chi connectivity index (χ3v) is 2.48. The first-order valence-corrected chi connectivity index (χ1v) is 5.43. The summed E-state index contributed by atoms with van der Waals surface area (Å²) in [6.07, 6.45) is 0.838. The van der Waals surface area contributed by atoms with E-state index in [0.717, 1.165) is 12.5 Å². The second-order valence-electron chi connectivity index (χ2n) is 3.53. The van der Waals surface area contributed by atoms with E-state index >= 15 is 0 Å². The van der Waals surface area contributed by atoms with Crippen LogP contribution in [0.15, 0.2) is 18.2 Å². The number of nitrogens with one attached hydrogen (secondary N) is 2. The largest absolute Gasteiger partial charge is 0.335 e. The van der Waals surface area contributed by atoms with E-state index in [1.165, 1.54) is 12.1 Å². The lowest BCUT2D eigenvalue weighted by atomic mass is 10.3. The Morgan fingerprint density at radius 1 is 1.56 bits per heavy atom. The van der Waals surface area contributed by atoms with Crippen molar-refractivity contribution in [3.05, 3.63) is 29.0 Å². The van der Waals surface area contributed by atoms with Gasteiger partial charge in [0.1, 0.15) is 5.82 Å². The highest BCUT2D eigenvalue weighted by Crippen LogP contribution is 2.22. The SMILES string of the molecule is CCC(C)NC(=O)Nc1ccc(F)cc1Cl. The molecule has 1 rings (SSSR count). The van der Waals surface area contributed by atoms with E-state index in [4.69, 9.17) is 11.6 Å². The summed E-state index contributed by atoms with van der Waals surface area (Å²) >= 11 is 5.76. The number of carbonyl (C=O) groups is 1. The van der Waals surface area contributed by atoms with Crippen LogP contribution in [0, 0.1) is 5.82 Å². The van der Waals surface area contributed by atoms with Gasteiger partial charge < -0.3 is 10.6 Å². The topological polar surface area (TPSA) is 41.1 Å². The zero-order valence-electron chi connectivity index (χ0n) is 9.18. The van der Waals surface area contributed by atoms with Gasteiger partial charge in [-0.3, -0.25) is 0 Å². The molecule has 1 aromatic rings. The van der Waals surface area contributed by atoms with Crippen LogP contribution in [0.25, 0.3) is 0 Å². The molecule has 16 heavy (non-hydrogen) atoms. The van der Waals surface area contributed by atoms with Gasteiger partial charge in [0.2, 0.25) is 0 Å². The lowest BCUT2D eigenvalue weighted by molar-refractivity contribution is 0.249. The summed E-state index contributed by atoms with van der Waals surface area (Å²) in [4.78, 5) is 11.4. The van der Waals surface area contributed by atoms with Crippen molar-refractivity contribution in [2.24, 2.45) is 0 Å². The first kappa shape index (κ1) is 12.8. The Hall–Kier alpha value is -1.29. The second kappa shape index (κ2) is 5.70. The predicted molar refractivity (Wildman–Crippen MR) is 63.3 cm³/mol. The van der Waals surface area contributed by atoms with Crippen molar-refractivity contribution in [3.8, 4) is 0 Å². The van der Waals surface area contributed by atoms with Gasteiger partial charge in [-0.15, -0.1) is 0 Å². The van der Waals surface area contributed by atoms with Gasteiger partial charge in [0.25, 0.3) is 0 Å². The van der Waals surface area contributed by atoms with Gasteiger partial charge in [-0.05, 0) is 31.5 Å². The summed E-state index contributed by atoms with van der Waals surface area (Å²) in [5, 5.41) is 5.45. The molecule has 5 heteroatoms. The van der Waals surface area contributed by atoms with E-state index in [2.05, 4.69) is 10.6 Å². The number of rotatable bonds is 3. The number of benzene rings is 1. The molecule has 1 unspecified atom stereocenters. The third-order valence-electron chi connectivity index (χ3n) is 2.17. The monoisotopic (exact) mass is 244 g/mol. The van der Waals surface area contributed by atoms with Crippen LogP contribution >= 0.6 is 11.6 Å². The van der Waals surface area contributed by atoms with E-state index < -0.39 is 5.82 Å².